The number of anilines is 1. The molecule has 2 N–H and O–H groups in total. The van der Waals surface area contributed by atoms with E-state index in [1.54, 1.807) is 44.1 Å². The van der Waals surface area contributed by atoms with E-state index in [1.165, 1.54) is 12.3 Å². The zero-order valence-electron chi connectivity index (χ0n) is 15.1. The number of ether oxygens (including phenoxy) is 1. The Labute approximate surface area is 160 Å². The fraction of sp³-hybridized carbons (Fsp3) is 0.211. The van der Waals surface area contributed by atoms with Crippen molar-refractivity contribution in [3.05, 3.63) is 63.4 Å². The number of fused-ring (bicyclic) bond motifs is 1. The average Bonchev–Trinajstić information content (AvgIpc) is 2.61. The highest BCUT2D eigenvalue weighted by Gasteiger charge is 2.16. The van der Waals surface area contributed by atoms with E-state index in [1.807, 2.05) is 0 Å². The monoisotopic (exact) mass is 387 g/mol. The molecule has 6 nitrogen and oxygen atoms in total. The van der Waals surface area contributed by atoms with Crippen LogP contribution in [0.4, 0.5) is 10.2 Å². The Hall–Kier alpha value is -3.00. The Morgan fingerprint density at radius 3 is 2.81 bits per heavy atom. The number of hydrogen-bond donors (Lipinski definition) is 1. The number of thiocarbonyl (C=S) groups is 1. The molecule has 2 aromatic heterocycles. The fourth-order valence-electron chi connectivity index (χ4n) is 2.66. The highest BCUT2D eigenvalue weighted by atomic mass is 32.1. The number of nitrogen functional groups attached to an aromatic ring is 1. The summed E-state index contributed by atoms with van der Waals surface area (Å²) in [5.74, 6) is -0.365. The van der Waals surface area contributed by atoms with Gasteiger partial charge in [0.05, 0.1) is 0 Å². The normalized spacial score (nSPS) is 10.8. The summed E-state index contributed by atoms with van der Waals surface area (Å²) >= 11 is 5.11. The molecule has 27 heavy (non-hydrogen) atoms. The standard InChI is InChI=1S/C19H18FN3O3S/c1-10-13-5-4-12(25-19(27)23(2)3)9-15(13)26-18(24)14(10)8-11-6-7-22-17(21)16(11)20/h4-7,9H,8H2,1-3H3,(H2,21,22). The Balaban J connectivity index is 2.02. The number of pyridine rings is 1. The third-order valence-electron chi connectivity index (χ3n) is 4.19. The van der Waals surface area contributed by atoms with Crippen LogP contribution in [0.2, 0.25) is 0 Å². The predicted octanol–water partition coefficient (Wildman–Crippen LogP) is 3.03. The number of aryl methyl sites for hydroxylation is 1. The van der Waals surface area contributed by atoms with Crippen LogP contribution in [0, 0.1) is 12.7 Å². The van der Waals surface area contributed by atoms with Crippen LogP contribution < -0.4 is 16.1 Å². The molecule has 140 valence electrons. The van der Waals surface area contributed by atoms with Gasteiger partial charge in [0.25, 0.3) is 5.17 Å². The fourth-order valence-corrected chi connectivity index (χ4v) is 2.76. The molecule has 0 bridgehead atoms. The van der Waals surface area contributed by atoms with Crippen LogP contribution in [-0.2, 0) is 6.42 Å². The van der Waals surface area contributed by atoms with Gasteiger partial charge in [-0.3, -0.25) is 0 Å². The van der Waals surface area contributed by atoms with Crippen LogP contribution >= 0.6 is 12.2 Å². The molecule has 3 rings (SSSR count). The van der Waals surface area contributed by atoms with Gasteiger partial charge in [-0.05, 0) is 48.5 Å². The lowest BCUT2D eigenvalue weighted by atomic mass is 10.00. The van der Waals surface area contributed by atoms with Crippen LogP contribution in [0.3, 0.4) is 0 Å². The van der Waals surface area contributed by atoms with Crippen molar-refractivity contribution in [2.24, 2.45) is 0 Å². The van der Waals surface area contributed by atoms with E-state index in [2.05, 4.69) is 4.98 Å². The quantitative estimate of drug-likeness (QED) is 0.546. The van der Waals surface area contributed by atoms with Crippen LogP contribution in [0.25, 0.3) is 11.0 Å². The highest BCUT2D eigenvalue weighted by molar-refractivity contribution is 7.80. The number of aromatic nitrogens is 1. The predicted molar refractivity (Wildman–Crippen MR) is 106 cm³/mol. The minimum absolute atomic E-state index is 0.0611. The summed E-state index contributed by atoms with van der Waals surface area (Å²) < 4.78 is 25.1. The SMILES string of the molecule is Cc1c(Cc2ccnc(N)c2F)c(=O)oc2cc(OC(=S)N(C)C)ccc12. The molecule has 0 radical (unpaired) electrons. The summed E-state index contributed by atoms with van der Waals surface area (Å²) in [7, 11) is 3.54. The lowest BCUT2D eigenvalue weighted by Gasteiger charge is -2.14. The summed E-state index contributed by atoms with van der Waals surface area (Å²) in [6.07, 6.45) is 1.47. The highest BCUT2D eigenvalue weighted by Crippen LogP contribution is 2.26. The van der Waals surface area contributed by atoms with Gasteiger partial charge in [-0.15, -0.1) is 0 Å². The minimum atomic E-state index is -0.627. The molecule has 1 aromatic carbocycles. The molecule has 0 aliphatic rings. The average molecular weight is 387 g/mol. The van der Waals surface area contributed by atoms with Crippen molar-refractivity contribution in [2.75, 3.05) is 19.8 Å². The van der Waals surface area contributed by atoms with Gasteiger partial charge in [-0.1, -0.05) is 0 Å². The van der Waals surface area contributed by atoms with Gasteiger partial charge in [0.15, 0.2) is 11.6 Å². The smallest absolute Gasteiger partial charge is 0.340 e. The van der Waals surface area contributed by atoms with E-state index >= 15 is 0 Å². The molecule has 0 spiro atoms. The number of rotatable bonds is 3. The summed E-state index contributed by atoms with van der Waals surface area (Å²) in [6, 6.07) is 6.62. The second kappa shape index (κ2) is 7.32. The number of nitrogens with two attached hydrogens (primary N) is 1. The van der Waals surface area contributed by atoms with Crippen LogP contribution in [0.1, 0.15) is 16.7 Å². The van der Waals surface area contributed by atoms with E-state index in [4.69, 9.17) is 27.1 Å². The maximum atomic E-state index is 14.2. The number of halogens is 1. The first kappa shape index (κ1) is 18.8. The van der Waals surface area contributed by atoms with Crippen LogP contribution in [-0.4, -0.2) is 29.2 Å². The molecule has 0 aliphatic heterocycles. The zero-order valence-corrected chi connectivity index (χ0v) is 15.9. The third-order valence-corrected chi connectivity index (χ3v) is 4.64. The first-order chi connectivity index (χ1) is 12.8. The molecule has 0 saturated carbocycles. The van der Waals surface area contributed by atoms with Crippen molar-refractivity contribution in [3.63, 3.8) is 0 Å². The molecule has 0 unspecified atom stereocenters. The van der Waals surface area contributed by atoms with Gasteiger partial charge >= 0.3 is 5.63 Å². The Morgan fingerprint density at radius 2 is 2.11 bits per heavy atom. The molecule has 3 aromatic rings. The van der Waals surface area contributed by atoms with Crippen molar-refractivity contribution < 1.29 is 13.5 Å². The van der Waals surface area contributed by atoms with Gasteiger partial charge in [-0.25, -0.2) is 14.2 Å². The van der Waals surface area contributed by atoms with Crippen LogP contribution in [0.5, 0.6) is 5.75 Å². The lowest BCUT2D eigenvalue weighted by molar-refractivity contribution is 0.448. The minimum Gasteiger partial charge on any atom is -0.432 e. The van der Waals surface area contributed by atoms with Gasteiger partial charge in [-0.2, -0.15) is 0 Å². The third kappa shape index (κ3) is 3.75. The maximum Gasteiger partial charge on any atom is 0.340 e. The first-order valence-electron chi connectivity index (χ1n) is 8.12. The molecule has 8 heteroatoms. The number of hydrogen-bond acceptors (Lipinski definition) is 6. The number of benzene rings is 1. The van der Waals surface area contributed by atoms with Crippen LogP contribution in [0.15, 0.2) is 39.7 Å². The van der Waals surface area contributed by atoms with Crippen molar-refractivity contribution in [2.45, 2.75) is 13.3 Å². The van der Waals surface area contributed by atoms with E-state index in [0.717, 1.165) is 5.39 Å². The number of nitrogens with zero attached hydrogens (tertiary/aromatic N) is 2. The van der Waals surface area contributed by atoms with Crippen molar-refractivity contribution in [1.82, 2.24) is 9.88 Å². The van der Waals surface area contributed by atoms with Gasteiger partial charge < -0.3 is 19.8 Å². The first-order valence-corrected chi connectivity index (χ1v) is 8.53. The maximum absolute atomic E-state index is 14.2. The Morgan fingerprint density at radius 1 is 1.37 bits per heavy atom. The summed E-state index contributed by atoms with van der Waals surface area (Å²) in [4.78, 5) is 17.8. The molecular weight excluding hydrogens is 369 g/mol. The van der Waals surface area contributed by atoms with E-state index in [9.17, 15) is 9.18 Å². The van der Waals surface area contributed by atoms with Gasteiger partial charge in [0, 0.05) is 43.7 Å². The lowest BCUT2D eigenvalue weighted by Crippen LogP contribution is -2.24. The summed E-state index contributed by atoms with van der Waals surface area (Å²) in [5.41, 5.74) is 6.69. The van der Waals surface area contributed by atoms with Crippen molar-refractivity contribution in [3.8, 4) is 5.75 Å². The molecular formula is C19H18FN3O3S. The Bertz CT molecular complexity index is 1100. The molecule has 0 fully saturated rings. The second-order valence-electron chi connectivity index (χ2n) is 6.26. The van der Waals surface area contributed by atoms with Crippen molar-refractivity contribution >= 4 is 34.2 Å². The van der Waals surface area contributed by atoms with E-state index in [-0.39, 0.29) is 23.0 Å². The summed E-state index contributed by atoms with van der Waals surface area (Å²) in [6.45, 7) is 1.79. The largest absolute Gasteiger partial charge is 0.432 e. The topological polar surface area (TPSA) is 81.6 Å². The molecule has 2 heterocycles. The van der Waals surface area contributed by atoms with E-state index < -0.39 is 11.4 Å². The van der Waals surface area contributed by atoms with E-state index in [0.29, 0.717) is 22.5 Å². The molecule has 0 aliphatic carbocycles. The Kier molecular flexibility index (Phi) is 5.09. The van der Waals surface area contributed by atoms with Gasteiger partial charge in [0.1, 0.15) is 11.3 Å². The molecule has 0 saturated heterocycles. The van der Waals surface area contributed by atoms with Crippen molar-refractivity contribution in [1.29, 1.82) is 0 Å². The second-order valence-corrected chi connectivity index (χ2v) is 6.61. The molecule has 0 atom stereocenters. The summed E-state index contributed by atoms with van der Waals surface area (Å²) in [5, 5.41) is 1.02. The van der Waals surface area contributed by atoms with Gasteiger partial charge in [0.2, 0.25) is 0 Å². The zero-order chi connectivity index (χ0) is 19.7. The molecule has 0 amide bonds.